The van der Waals surface area contributed by atoms with Crippen LogP contribution in [-0.4, -0.2) is 35.5 Å². The Labute approximate surface area is 158 Å². The standard InChI is InChI=1S/C18H24F6O4/c1-8(14(25)26)5-12(7-13-9(2)10-3-4-11(13)6-10)15(27)28-16(17(19,20)21)18(22,23)24/h8-13,16H,3-7H2,1-2H3,(H,25,26). The highest BCUT2D eigenvalue weighted by molar-refractivity contribution is 5.75. The average molecular weight is 418 g/mol. The Morgan fingerprint density at radius 3 is 2.04 bits per heavy atom. The topological polar surface area (TPSA) is 63.6 Å². The summed E-state index contributed by atoms with van der Waals surface area (Å²) in [6, 6.07) is 0. The number of carbonyl (C=O) groups is 2. The lowest BCUT2D eigenvalue weighted by atomic mass is 9.74. The van der Waals surface area contributed by atoms with Crippen molar-refractivity contribution in [3.63, 3.8) is 0 Å². The van der Waals surface area contributed by atoms with Gasteiger partial charge in [0.15, 0.2) is 0 Å². The summed E-state index contributed by atoms with van der Waals surface area (Å²) < 4.78 is 80.2. The molecule has 0 radical (unpaired) electrons. The average Bonchev–Trinajstić information content (AvgIpc) is 3.12. The predicted molar refractivity (Wildman–Crippen MR) is 85.0 cm³/mol. The van der Waals surface area contributed by atoms with Crippen LogP contribution in [0.15, 0.2) is 0 Å². The lowest BCUT2D eigenvalue weighted by Crippen LogP contribution is -2.46. The summed E-state index contributed by atoms with van der Waals surface area (Å²) in [5.74, 6) is -4.49. The third kappa shape index (κ3) is 5.11. The Morgan fingerprint density at radius 2 is 1.61 bits per heavy atom. The van der Waals surface area contributed by atoms with Gasteiger partial charge in [0.25, 0.3) is 6.10 Å². The molecule has 0 aromatic carbocycles. The first-order valence-corrected chi connectivity index (χ1v) is 9.28. The van der Waals surface area contributed by atoms with Crippen molar-refractivity contribution in [2.45, 2.75) is 64.4 Å². The van der Waals surface area contributed by atoms with Gasteiger partial charge in [0.2, 0.25) is 0 Å². The summed E-state index contributed by atoms with van der Waals surface area (Å²) in [6.07, 6.45) is -13.3. The molecule has 2 fully saturated rings. The van der Waals surface area contributed by atoms with Gasteiger partial charge in [-0.3, -0.25) is 9.59 Å². The van der Waals surface area contributed by atoms with Gasteiger partial charge in [0, 0.05) is 0 Å². The molecule has 2 aliphatic carbocycles. The number of hydrogen-bond acceptors (Lipinski definition) is 3. The van der Waals surface area contributed by atoms with Crippen molar-refractivity contribution in [2.24, 2.45) is 35.5 Å². The zero-order valence-electron chi connectivity index (χ0n) is 15.5. The third-order valence-corrected chi connectivity index (χ3v) is 6.32. The molecule has 162 valence electrons. The molecule has 2 saturated carbocycles. The Kier molecular flexibility index (Phi) is 6.60. The molecule has 0 aliphatic heterocycles. The minimum Gasteiger partial charge on any atom is -0.481 e. The quantitative estimate of drug-likeness (QED) is 0.476. The molecule has 10 heteroatoms. The molecule has 6 unspecified atom stereocenters. The maximum absolute atomic E-state index is 12.7. The maximum atomic E-state index is 12.7. The van der Waals surface area contributed by atoms with E-state index in [9.17, 15) is 35.9 Å². The van der Waals surface area contributed by atoms with Crippen LogP contribution < -0.4 is 0 Å². The highest BCUT2D eigenvalue weighted by Gasteiger charge is 2.60. The summed E-state index contributed by atoms with van der Waals surface area (Å²) in [7, 11) is 0. The largest absolute Gasteiger partial charge is 0.481 e. The molecule has 4 nitrogen and oxygen atoms in total. The smallest absolute Gasteiger partial charge is 0.434 e. The van der Waals surface area contributed by atoms with Gasteiger partial charge in [-0.05, 0) is 55.8 Å². The second kappa shape index (κ2) is 8.10. The molecule has 2 aliphatic rings. The van der Waals surface area contributed by atoms with E-state index in [2.05, 4.69) is 4.74 Å². The van der Waals surface area contributed by atoms with Crippen LogP contribution in [-0.2, 0) is 14.3 Å². The molecular formula is C18H24F6O4. The second-order valence-corrected chi connectivity index (χ2v) is 8.16. The van der Waals surface area contributed by atoms with Crippen molar-refractivity contribution in [1.29, 1.82) is 0 Å². The van der Waals surface area contributed by atoms with Crippen LogP contribution >= 0.6 is 0 Å². The fourth-order valence-corrected chi connectivity index (χ4v) is 4.78. The van der Waals surface area contributed by atoms with Crippen molar-refractivity contribution in [3.05, 3.63) is 0 Å². The van der Waals surface area contributed by atoms with Crippen molar-refractivity contribution in [1.82, 2.24) is 0 Å². The number of ether oxygens (including phenoxy) is 1. The number of carboxylic acid groups (broad SMARTS) is 1. The van der Waals surface area contributed by atoms with E-state index in [0.717, 1.165) is 19.3 Å². The highest BCUT2D eigenvalue weighted by Crippen LogP contribution is 2.54. The van der Waals surface area contributed by atoms with Gasteiger partial charge in [0.1, 0.15) is 0 Å². The normalized spacial score (nSPS) is 29.8. The number of esters is 1. The van der Waals surface area contributed by atoms with Crippen LogP contribution in [0.3, 0.4) is 0 Å². The SMILES string of the molecule is CC(CC(CC1C2CCC(C2)C1C)C(=O)OC(C(F)(F)F)C(F)(F)F)C(=O)O. The molecule has 6 atom stereocenters. The molecule has 0 heterocycles. The lowest BCUT2D eigenvalue weighted by Gasteiger charge is -2.32. The lowest BCUT2D eigenvalue weighted by molar-refractivity contribution is -0.314. The zero-order valence-corrected chi connectivity index (χ0v) is 15.5. The number of carboxylic acids is 1. The fraction of sp³-hybridized carbons (Fsp3) is 0.889. The Balaban J connectivity index is 2.18. The van der Waals surface area contributed by atoms with Crippen molar-refractivity contribution in [2.75, 3.05) is 0 Å². The third-order valence-electron chi connectivity index (χ3n) is 6.32. The van der Waals surface area contributed by atoms with E-state index < -0.39 is 42.2 Å². The van der Waals surface area contributed by atoms with Crippen molar-refractivity contribution >= 4 is 11.9 Å². The molecule has 0 aromatic rings. The van der Waals surface area contributed by atoms with Gasteiger partial charge in [-0.1, -0.05) is 13.8 Å². The first kappa shape index (κ1) is 22.8. The molecule has 0 spiro atoms. The number of alkyl halides is 6. The van der Waals surface area contributed by atoms with Gasteiger partial charge in [0.05, 0.1) is 11.8 Å². The molecular weight excluding hydrogens is 394 g/mol. The van der Waals surface area contributed by atoms with Crippen molar-refractivity contribution in [3.8, 4) is 0 Å². The van der Waals surface area contributed by atoms with Crippen LogP contribution in [0.2, 0.25) is 0 Å². The summed E-state index contributed by atoms with van der Waals surface area (Å²) >= 11 is 0. The van der Waals surface area contributed by atoms with Gasteiger partial charge in [-0.15, -0.1) is 0 Å². The van der Waals surface area contributed by atoms with Crippen LogP contribution in [0.5, 0.6) is 0 Å². The van der Waals surface area contributed by atoms with E-state index in [-0.39, 0.29) is 30.6 Å². The van der Waals surface area contributed by atoms with Gasteiger partial charge < -0.3 is 9.84 Å². The maximum Gasteiger partial charge on any atom is 0.434 e. The molecule has 0 aromatic heterocycles. The van der Waals surface area contributed by atoms with Crippen LogP contribution in [0.25, 0.3) is 0 Å². The van der Waals surface area contributed by atoms with Gasteiger partial charge in [-0.2, -0.15) is 26.3 Å². The van der Waals surface area contributed by atoms with Gasteiger partial charge >= 0.3 is 24.3 Å². The Morgan fingerprint density at radius 1 is 1.07 bits per heavy atom. The first-order valence-electron chi connectivity index (χ1n) is 9.28. The molecule has 0 amide bonds. The minimum atomic E-state index is -5.80. The number of hydrogen-bond donors (Lipinski definition) is 1. The van der Waals surface area contributed by atoms with E-state index in [1.807, 2.05) is 6.92 Å². The zero-order chi connectivity index (χ0) is 21.4. The first-order chi connectivity index (χ1) is 12.7. The van der Waals surface area contributed by atoms with Crippen LogP contribution in [0.4, 0.5) is 26.3 Å². The van der Waals surface area contributed by atoms with Crippen molar-refractivity contribution < 1.29 is 45.8 Å². The van der Waals surface area contributed by atoms with Gasteiger partial charge in [-0.25, -0.2) is 0 Å². The van der Waals surface area contributed by atoms with Crippen LogP contribution in [0, 0.1) is 35.5 Å². The minimum absolute atomic E-state index is 0.0347. The Bertz CT molecular complexity index is 572. The predicted octanol–water partition coefficient (Wildman–Crippen LogP) is 4.82. The van der Waals surface area contributed by atoms with E-state index >= 15 is 0 Å². The van der Waals surface area contributed by atoms with Crippen LogP contribution in [0.1, 0.15) is 46.0 Å². The molecule has 2 rings (SSSR count). The monoisotopic (exact) mass is 418 g/mol. The molecule has 2 bridgehead atoms. The summed E-state index contributed by atoms with van der Waals surface area (Å²) in [4.78, 5) is 23.4. The molecule has 1 N–H and O–H groups in total. The number of fused-ring (bicyclic) bond motifs is 2. The number of aliphatic carboxylic acids is 1. The number of carbonyl (C=O) groups excluding carboxylic acids is 1. The molecule has 28 heavy (non-hydrogen) atoms. The number of rotatable bonds is 7. The highest BCUT2D eigenvalue weighted by atomic mass is 19.4. The summed E-state index contributed by atoms with van der Waals surface area (Å²) in [6.45, 7) is 3.23. The van der Waals surface area contributed by atoms with E-state index in [0.29, 0.717) is 5.92 Å². The Hall–Kier alpha value is -1.48. The molecule has 0 saturated heterocycles. The summed E-state index contributed by atoms with van der Waals surface area (Å²) in [5, 5.41) is 9.06. The summed E-state index contributed by atoms with van der Waals surface area (Å²) in [5.41, 5.74) is 0. The number of halogens is 6. The van der Waals surface area contributed by atoms with E-state index in [1.165, 1.54) is 6.92 Å². The van der Waals surface area contributed by atoms with E-state index in [1.54, 1.807) is 0 Å². The second-order valence-electron chi connectivity index (χ2n) is 8.16. The van der Waals surface area contributed by atoms with E-state index in [4.69, 9.17) is 5.11 Å². The fourth-order valence-electron chi connectivity index (χ4n) is 4.78.